The molecule has 138 valence electrons. The fraction of sp³-hybridized carbons (Fsp3) is 0.333. The molecule has 0 bridgehead atoms. The van der Waals surface area contributed by atoms with Gasteiger partial charge >= 0.3 is 0 Å². The van der Waals surface area contributed by atoms with Crippen molar-refractivity contribution in [1.82, 2.24) is 5.32 Å². The van der Waals surface area contributed by atoms with Gasteiger partial charge in [0, 0.05) is 25.2 Å². The van der Waals surface area contributed by atoms with E-state index in [1.807, 2.05) is 24.3 Å². The Kier molecular flexibility index (Phi) is 5.88. The highest BCUT2D eigenvalue weighted by atomic mass is 16.6. The summed E-state index contributed by atoms with van der Waals surface area (Å²) >= 11 is 0. The molecule has 1 aliphatic rings. The van der Waals surface area contributed by atoms with Crippen molar-refractivity contribution in [2.45, 2.75) is 12.2 Å². The molecule has 2 aromatic carbocycles. The Bertz CT molecular complexity index is 737. The molecule has 0 saturated heterocycles. The van der Waals surface area contributed by atoms with Gasteiger partial charge < -0.3 is 24.6 Å². The van der Waals surface area contributed by atoms with Gasteiger partial charge in [-0.2, -0.15) is 0 Å². The van der Waals surface area contributed by atoms with E-state index in [-0.39, 0.29) is 18.4 Å². The molecule has 0 amide bonds. The van der Waals surface area contributed by atoms with Gasteiger partial charge in [-0.05, 0) is 24.3 Å². The number of nitro groups is 1. The van der Waals surface area contributed by atoms with Gasteiger partial charge in [-0.1, -0.05) is 12.1 Å². The second kappa shape index (κ2) is 8.50. The highest BCUT2D eigenvalue weighted by molar-refractivity contribution is 5.40. The first-order valence-electron chi connectivity index (χ1n) is 8.26. The Labute approximate surface area is 150 Å². The third kappa shape index (κ3) is 4.84. The molecule has 0 aromatic heterocycles. The van der Waals surface area contributed by atoms with Crippen molar-refractivity contribution in [2.75, 3.05) is 26.3 Å². The number of nitro benzene ring substituents is 1. The summed E-state index contributed by atoms with van der Waals surface area (Å²) in [5, 5.41) is 23.7. The number of hydrogen-bond donors (Lipinski definition) is 2. The van der Waals surface area contributed by atoms with Gasteiger partial charge in [0.25, 0.3) is 5.69 Å². The molecule has 1 aliphatic heterocycles. The lowest BCUT2D eigenvalue weighted by atomic mass is 10.2. The van der Waals surface area contributed by atoms with E-state index in [9.17, 15) is 15.2 Å². The van der Waals surface area contributed by atoms with Crippen molar-refractivity contribution in [3.63, 3.8) is 0 Å². The molecule has 3 rings (SSSR count). The quantitative estimate of drug-likeness (QED) is 0.546. The van der Waals surface area contributed by atoms with Crippen LogP contribution < -0.4 is 19.5 Å². The lowest BCUT2D eigenvalue weighted by Gasteiger charge is -2.27. The average molecular weight is 360 g/mol. The zero-order valence-corrected chi connectivity index (χ0v) is 14.0. The molecule has 1 heterocycles. The maximum absolute atomic E-state index is 10.6. The number of ether oxygens (including phenoxy) is 3. The molecule has 2 aromatic rings. The van der Waals surface area contributed by atoms with Gasteiger partial charge in [0.15, 0.2) is 11.5 Å². The number of aliphatic hydroxyl groups excluding tert-OH is 1. The first kappa shape index (κ1) is 18.0. The van der Waals surface area contributed by atoms with Crippen LogP contribution in [0.3, 0.4) is 0 Å². The lowest BCUT2D eigenvalue weighted by molar-refractivity contribution is -0.384. The van der Waals surface area contributed by atoms with Crippen LogP contribution in [0.15, 0.2) is 48.5 Å². The SMILES string of the molecule is O=[N+]([O-])c1ccc(OC[C@H](O)CNC[C@@H]2COc3ccccc3O2)cc1. The van der Waals surface area contributed by atoms with E-state index in [4.69, 9.17) is 14.2 Å². The predicted octanol–water partition coefficient (Wildman–Crippen LogP) is 1.76. The van der Waals surface area contributed by atoms with E-state index < -0.39 is 11.0 Å². The van der Waals surface area contributed by atoms with Gasteiger partial charge in [0.1, 0.15) is 31.2 Å². The molecule has 0 aliphatic carbocycles. The molecule has 2 atom stereocenters. The van der Waals surface area contributed by atoms with Crippen LogP contribution in [0.1, 0.15) is 0 Å². The van der Waals surface area contributed by atoms with Crippen LogP contribution in [0.5, 0.6) is 17.2 Å². The van der Waals surface area contributed by atoms with Crippen LogP contribution in [0.4, 0.5) is 5.69 Å². The smallest absolute Gasteiger partial charge is 0.269 e. The summed E-state index contributed by atoms with van der Waals surface area (Å²) in [6.45, 7) is 1.38. The van der Waals surface area contributed by atoms with E-state index in [0.717, 1.165) is 5.75 Å². The number of benzene rings is 2. The van der Waals surface area contributed by atoms with Crippen molar-refractivity contribution in [3.8, 4) is 17.2 Å². The number of fused-ring (bicyclic) bond motifs is 1. The van der Waals surface area contributed by atoms with Crippen LogP contribution in [0.2, 0.25) is 0 Å². The van der Waals surface area contributed by atoms with Gasteiger partial charge in [-0.25, -0.2) is 0 Å². The van der Waals surface area contributed by atoms with E-state index >= 15 is 0 Å². The zero-order valence-electron chi connectivity index (χ0n) is 14.0. The number of rotatable bonds is 8. The molecule has 0 radical (unpaired) electrons. The van der Waals surface area contributed by atoms with E-state index in [0.29, 0.717) is 31.2 Å². The first-order chi connectivity index (χ1) is 12.6. The maximum atomic E-state index is 10.6. The number of aliphatic hydroxyl groups is 1. The Morgan fingerprint density at radius 2 is 1.96 bits per heavy atom. The third-order valence-corrected chi connectivity index (χ3v) is 3.81. The summed E-state index contributed by atoms with van der Waals surface area (Å²) < 4.78 is 16.9. The molecular weight excluding hydrogens is 340 g/mol. The van der Waals surface area contributed by atoms with Crippen LogP contribution in [-0.2, 0) is 0 Å². The minimum absolute atomic E-state index is 0.00385. The minimum Gasteiger partial charge on any atom is -0.491 e. The standard InChI is InChI=1S/C18H20N2O6/c21-14(11-24-15-7-5-13(6-8-15)20(22)23)9-19-10-16-12-25-17-3-1-2-4-18(17)26-16/h1-8,14,16,19,21H,9-12H2/t14-,16-/m1/s1. The molecule has 0 unspecified atom stereocenters. The van der Waals surface area contributed by atoms with E-state index in [1.165, 1.54) is 24.3 Å². The summed E-state index contributed by atoms with van der Waals surface area (Å²) in [5.41, 5.74) is -0.00385. The van der Waals surface area contributed by atoms with Crippen LogP contribution >= 0.6 is 0 Å². The Morgan fingerprint density at radius 3 is 2.69 bits per heavy atom. The second-order valence-corrected chi connectivity index (χ2v) is 5.87. The molecule has 8 heteroatoms. The molecule has 0 spiro atoms. The van der Waals surface area contributed by atoms with Crippen LogP contribution in [0, 0.1) is 10.1 Å². The van der Waals surface area contributed by atoms with Crippen molar-refractivity contribution in [2.24, 2.45) is 0 Å². The second-order valence-electron chi connectivity index (χ2n) is 5.87. The van der Waals surface area contributed by atoms with Crippen LogP contribution in [-0.4, -0.2) is 48.5 Å². The summed E-state index contributed by atoms with van der Waals surface area (Å²) in [7, 11) is 0. The van der Waals surface area contributed by atoms with E-state index in [2.05, 4.69) is 5.32 Å². The van der Waals surface area contributed by atoms with Gasteiger partial charge in [-0.3, -0.25) is 10.1 Å². The summed E-state index contributed by atoms with van der Waals surface area (Å²) in [6.07, 6.45) is -0.852. The molecule has 2 N–H and O–H groups in total. The Balaban J connectivity index is 1.35. The predicted molar refractivity (Wildman–Crippen MR) is 93.8 cm³/mol. The normalized spacial score (nSPS) is 16.7. The first-order valence-corrected chi connectivity index (χ1v) is 8.26. The Morgan fingerprint density at radius 1 is 1.23 bits per heavy atom. The number of non-ortho nitro benzene ring substituents is 1. The fourth-order valence-electron chi connectivity index (χ4n) is 2.49. The third-order valence-electron chi connectivity index (χ3n) is 3.81. The summed E-state index contributed by atoms with van der Waals surface area (Å²) in [6, 6.07) is 13.2. The highest BCUT2D eigenvalue weighted by Crippen LogP contribution is 2.30. The zero-order chi connectivity index (χ0) is 18.4. The summed E-state index contributed by atoms with van der Waals surface area (Å²) in [5.74, 6) is 1.92. The largest absolute Gasteiger partial charge is 0.491 e. The number of para-hydroxylation sites is 2. The molecule has 0 fully saturated rings. The monoisotopic (exact) mass is 360 g/mol. The Hall–Kier alpha value is -2.84. The van der Waals surface area contributed by atoms with Crippen molar-refractivity contribution in [3.05, 3.63) is 58.6 Å². The topological polar surface area (TPSA) is 103 Å². The fourth-order valence-corrected chi connectivity index (χ4v) is 2.49. The van der Waals surface area contributed by atoms with Gasteiger partial charge in [0.2, 0.25) is 0 Å². The molecular formula is C18H20N2O6. The highest BCUT2D eigenvalue weighted by Gasteiger charge is 2.20. The maximum Gasteiger partial charge on any atom is 0.269 e. The molecule has 8 nitrogen and oxygen atoms in total. The van der Waals surface area contributed by atoms with E-state index in [1.54, 1.807) is 0 Å². The van der Waals surface area contributed by atoms with Crippen molar-refractivity contribution >= 4 is 5.69 Å². The molecule has 0 saturated carbocycles. The number of hydrogen-bond acceptors (Lipinski definition) is 7. The van der Waals surface area contributed by atoms with Gasteiger partial charge in [-0.15, -0.1) is 0 Å². The lowest BCUT2D eigenvalue weighted by Crippen LogP contribution is -2.41. The number of nitrogens with one attached hydrogen (secondary N) is 1. The van der Waals surface area contributed by atoms with Gasteiger partial charge in [0.05, 0.1) is 4.92 Å². The average Bonchev–Trinajstić information content (AvgIpc) is 2.66. The molecule has 26 heavy (non-hydrogen) atoms. The van der Waals surface area contributed by atoms with Crippen LogP contribution in [0.25, 0.3) is 0 Å². The summed E-state index contributed by atoms with van der Waals surface area (Å²) in [4.78, 5) is 10.1. The van der Waals surface area contributed by atoms with Crippen molar-refractivity contribution in [1.29, 1.82) is 0 Å². The van der Waals surface area contributed by atoms with Crippen molar-refractivity contribution < 1.29 is 24.2 Å². The number of nitrogens with zero attached hydrogens (tertiary/aromatic N) is 1. The minimum atomic E-state index is -0.720.